The van der Waals surface area contributed by atoms with Crippen molar-refractivity contribution < 1.29 is 9.18 Å². The number of H-pyrrole nitrogens is 1. The van der Waals surface area contributed by atoms with Crippen molar-refractivity contribution in [2.24, 2.45) is 0 Å². The summed E-state index contributed by atoms with van der Waals surface area (Å²) in [6.07, 6.45) is 3.38. The van der Waals surface area contributed by atoms with Gasteiger partial charge in [-0.25, -0.2) is 14.3 Å². The second-order valence-electron chi connectivity index (χ2n) is 6.76. The maximum atomic E-state index is 13.5. The lowest BCUT2D eigenvalue weighted by molar-refractivity contribution is -0.113. The Morgan fingerprint density at radius 3 is 2.55 bits per heavy atom. The van der Waals surface area contributed by atoms with Gasteiger partial charge in [-0.05, 0) is 59.3 Å². The number of carbonyl (C=O) groups excluding carboxylic acids is 1. The number of nitrogens with one attached hydrogen (secondary N) is 2. The molecule has 0 atom stereocenters. The Kier molecular flexibility index (Phi) is 5.01. The van der Waals surface area contributed by atoms with E-state index in [0.29, 0.717) is 10.0 Å². The van der Waals surface area contributed by atoms with E-state index in [1.54, 1.807) is 29.8 Å². The summed E-state index contributed by atoms with van der Waals surface area (Å²) in [7, 11) is 0. The second-order valence-corrected chi connectivity index (χ2v) is 8.66. The Hall–Kier alpha value is -3.49. The van der Waals surface area contributed by atoms with Gasteiger partial charge >= 0.3 is 0 Å². The van der Waals surface area contributed by atoms with Crippen molar-refractivity contribution in [3.05, 3.63) is 88.5 Å². The first-order chi connectivity index (χ1) is 15.1. The first-order valence-corrected chi connectivity index (χ1v) is 11.1. The number of hydrogen-bond acceptors (Lipinski definition) is 5. The third-order valence-corrected chi connectivity index (χ3v) is 6.43. The lowest BCUT2D eigenvalue weighted by Crippen LogP contribution is -2.27. The molecular formula is C23H15FN4OS2. The number of anilines is 1. The summed E-state index contributed by atoms with van der Waals surface area (Å²) < 4.78 is 13.5. The van der Waals surface area contributed by atoms with Crippen LogP contribution in [-0.4, -0.2) is 21.0 Å². The number of hydrogen-bond donors (Lipinski definition) is 2. The molecule has 1 saturated heterocycles. The molecule has 4 aromatic rings. The SMILES string of the molecule is N=C1S/C(=C\c2cc(-c3ccccc3)[nH]c2-c2ccc(F)cc2)C(=O)N1c1nccs1. The van der Waals surface area contributed by atoms with Crippen LogP contribution in [0.4, 0.5) is 9.52 Å². The Bertz CT molecular complexity index is 1300. The number of carbonyl (C=O) groups is 1. The fourth-order valence-electron chi connectivity index (χ4n) is 3.34. The Balaban J connectivity index is 1.59. The zero-order valence-electron chi connectivity index (χ0n) is 16.0. The molecule has 0 unspecified atom stereocenters. The molecule has 152 valence electrons. The molecule has 2 N–H and O–H groups in total. The van der Waals surface area contributed by atoms with Crippen LogP contribution in [0.1, 0.15) is 5.56 Å². The molecule has 8 heteroatoms. The molecule has 3 heterocycles. The first-order valence-electron chi connectivity index (χ1n) is 9.36. The van der Waals surface area contributed by atoms with Gasteiger partial charge in [-0.2, -0.15) is 0 Å². The Labute approximate surface area is 185 Å². The Morgan fingerprint density at radius 2 is 1.84 bits per heavy atom. The smallest absolute Gasteiger partial charge is 0.273 e. The van der Waals surface area contributed by atoms with Crippen LogP contribution in [0, 0.1) is 11.2 Å². The predicted molar refractivity (Wildman–Crippen MR) is 125 cm³/mol. The van der Waals surface area contributed by atoms with Crippen molar-refractivity contribution in [1.82, 2.24) is 9.97 Å². The van der Waals surface area contributed by atoms with Crippen molar-refractivity contribution in [2.75, 3.05) is 4.90 Å². The molecule has 1 amide bonds. The maximum Gasteiger partial charge on any atom is 0.273 e. The van der Waals surface area contributed by atoms with Crippen molar-refractivity contribution in [2.45, 2.75) is 0 Å². The highest BCUT2D eigenvalue weighted by Crippen LogP contribution is 2.38. The number of aromatic nitrogens is 2. The summed E-state index contributed by atoms with van der Waals surface area (Å²) in [5, 5.41) is 10.6. The van der Waals surface area contributed by atoms with Crippen LogP contribution in [0.25, 0.3) is 28.6 Å². The second kappa shape index (κ2) is 7.98. The number of aromatic amines is 1. The van der Waals surface area contributed by atoms with Crippen LogP contribution in [0.2, 0.25) is 0 Å². The maximum absolute atomic E-state index is 13.5. The lowest BCUT2D eigenvalue weighted by atomic mass is 10.1. The number of amides is 1. The normalized spacial score (nSPS) is 15.3. The summed E-state index contributed by atoms with van der Waals surface area (Å²) in [4.78, 5) is 22.3. The highest BCUT2D eigenvalue weighted by atomic mass is 32.2. The van der Waals surface area contributed by atoms with Crippen molar-refractivity contribution in [3.8, 4) is 22.5 Å². The van der Waals surface area contributed by atoms with Crippen molar-refractivity contribution in [1.29, 1.82) is 5.41 Å². The van der Waals surface area contributed by atoms with Crippen LogP contribution < -0.4 is 4.90 Å². The first kappa shape index (κ1) is 19.5. The van der Waals surface area contributed by atoms with E-state index >= 15 is 0 Å². The van der Waals surface area contributed by atoms with Gasteiger partial charge in [0, 0.05) is 22.8 Å². The van der Waals surface area contributed by atoms with Gasteiger partial charge in [0.2, 0.25) is 0 Å². The van der Waals surface area contributed by atoms with Gasteiger partial charge < -0.3 is 4.98 Å². The quantitative estimate of drug-likeness (QED) is 0.378. The zero-order chi connectivity index (χ0) is 21.4. The number of thiazole rings is 1. The minimum Gasteiger partial charge on any atom is -0.354 e. The van der Waals surface area contributed by atoms with E-state index in [-0.39, 0.29) is 16.9 Å². The van der Waals surface area contributed by atoms with Crippen LogP contribution in [0.3, 0.4) is 0 Å². The number of amidine groups is 1. The van der Waals surface area contributed by atoms with E-state index < -0.39 is 0 Å². The van der Waals surface area contributed by atoms with E-state index in [1.165, 1.54) is 28.4 Å². The van der Waals surface area contributed by atoms with E-state index in [0.717, 1.165) is 39.8 Å². The predicted octanol–water partition coefficient (Wildman–Crippen LogP) is 6.00. The lowest BCUT2D eigenvalue weighted by Gasteiger charge is -2.09. The van der Waals surface area contributed by atoms with Crippen LogP contribution in [0.5, 0.6) is 0 Å². The summed E-state index contributed by atoms with van der Waals surface area (Å²) in [5.41, 5.74) is 4.25. The molecule has 0 saturated carbocycles. The molecule has 0 aliphatic carbocycles. The number of benzene rings is 2. The van der Waals surface area contributed by atoms with Gasteiger partial charge in [-0.1, -0.05) is 30.3 Å². The summed E-state index contributed by atoms with van der Waals surface area (Å²) in [5.74, 6) is -0.593. The van der Waals surface area contributed by atoms with E-state index in [4.69, 9.17) is 5.41 Å². The molecule has 1 aliphatic rings. The van der Waals surface area contributed by atoms with Gasteiger partial charge in [0.05, 0.1) is 10.6 Å². The third-order valence-electron chi connectivity index (χ3n) is 4.79. The molecular weight excluding hydrogens is 431 g/mol. The molecule has 1 fully saturated rings. The van der Waals surface area contributed by atoms with E-state index in [1.807, 2.05) is 36.4 Å². The summed E-state index contributed by atoms with van der Waals surface area (Å²) >= 11 is 2.41. The molecule has 0 radical (unpaired) electrons. The van der Waals surface area contributed by atoms with Crippen molar-refractivity contribution in [3.63, 3.8) is 0 Å². The summed E-state index contributed by atoms with van der Waals surface area (Å²) in [6.45, 7) is 0. The molecule has 5 rings (SSSR count). The van der Waals surface area contributed by atoms with Crippen LogP contribution in [0.15, 0.2) is 77.1 Å². The standard InChI is InChI=1S/C23H15FN4OS2/c24-17-8-6-15(7-9-17)20-16(12-18(27-20)14-4-2-1-3-5-14)13-19-21(29)28(22(25)31-19)23-26-10-11-30-23/h1-13,25,27H/b19-13-,25-22?. The van der Waals surface area contributed by atoms with Gasteiger partial charge in [-0.3, -0.25) is 10.2 Å². The average molecular weight is 447 g/mol. The topological polar surface area (TPSA) is 72.8 Å². The number of rotatable bonds is 4. The third kappa shape index (κ3) is 3.71. The molecule has 5 nitrogen and oxygen atoms in total. The molecule has 0 spiro atoms. The fourth-order valence-corrected chi connectivity index (χ4v) is 4.88. The van der Waals surface area contributed by atoms with Gasteiger partial charge in [0.25, 0.3) is 5.91 Å². The highest BCUT2D eigenvalue weighted by Gasteiger charge is 2.35. The van der Waals surface area contributed by atoms with Crippen LogP contribution in [-0.2, 0) is 4.79 Å². The molecule has 1 aliphatic heterocycles. The van der Waals surface area contributed by atoms with Crippen molar-refractivity contribution >= 4 is 45.4 Å². The average Bonchev–Trinajstić information content (AvgIpc) is 3.50. The monoisotopic (exact) mass is 446 g/mol. The van der Waals surface area contributed by atoms with Crippen LogP contribution >= 0.6 is 23.1 Å². The minimum absolute atomic E-state index is 0.119. The molecule has 0 bridgehead atoms. The van der Waals surface area contributed by atoms with Gasteiger partial charge in [0.15, 0.2) is 10.3 Å². The number of halogens is 1. The summed E-state index contributed by atoms with van der Waals surface area (Å²) in [6, 6.07) is 18.0. The zero-order valence-corrected chi connectivity index (χ0v) is 17.6. The molecule has 31 heavy (non-hydrogen) atoms. The molecule has 2 aromatic carbocycles. The molecule has 2 aromatic heterocycles. The fraction of sp³-hybridized carbons (Fsp3) is 0. The minimum atomic E-state index is -0.312. The van der Waals surface area contributed by atoms with E-state index in [2.05, 4.69) is 9.97 Å². The number of thioether (sulfide) groups is 1. The Morgan fingerprint density at radius 1 is 1.06 bits per heavy atom. The van der Waals surface area contributed by atoms with E-state index in [9.17, 15) is 9.18 Å². The highest BCUT2D eigenvalue weighted by molar-refractivity contribution is 8.19. The van der Waals surface area contributed by atoms with Gasteiger partial charge in [0.1, 0.15) is 5.82 Å². The largest absolute Gasteiger partial charge is 0.354 e. The number of nitrogens with zero attached hydrogens (tertiary/aromatic N) is 2. The van der Waals surface area contributed by atoms with Gasteiger partial charge in [-0.15, -0.1) is 11.3 Å².